The first-order valence-corrected chi connectivity index (χ1v) is 11.6. The number of hydrogen-bond acceptors (Lipinski definition) is 5. The SMILES string of the molecule is COc1cccc(CSc2nnc(C(C)NC(=O)C(Cl)Cl)n2-c2cc(Cl)ccc2C)c1. The number of rotatable bonds is 8. The molecule has 0 radical (unpaired) electrons. The third kappa shape index (κ3) is 5.86. The van der Waals surface area contributed by atoms with Gasteiger partial charge in [0, 0.05) is 10.8 Å². The van der Waals surface area contributed by atoms with Crippen LogP contribution in [0.5, 0.6) is 5.75 Å². The third-order valence-corrected chi connectivity index (χ3v) is 6.15. The van der Waals surface area contributed by atoms with Crippen LogP contribution in [0.3, 0.4) is 0 Å². The van der Waals surface area contributed by atoms with Crippen LogP contribution in [0.1, 0.15) is 29.9 Å². The monoisotopic (exact) mass is 498 g/mol. The van der Waals surface area contributed by atoms with Gasteiger partial charge in [0.25, 0.3) is 5.91 Å². The number of ether oxygens (including phenoxy) is 1. The molecule has 0 aliphatic carbocycles. The molecule has 31 heavy (non-hydrogen) atoms. The number of benzene rings is 2. The number of carbonyl (C=O) groups excluding carboxylic acids is 1. The van der Waals surface area contributed by atoms with Gasteiger partial charge in [0.1, 0.15) is 5.75 Å². The number of carbonyl (C=O) groups is 1. The van der Waals surface area contributed by atoms with Crippen LogP contribution in [0.15, 0.2) is 47.6 Å². The van der Waals surface area contributed by atoms with Crippen molar-refractivity contribution in [2.75, 3.05) is 7.11 Å². The number of nitrogens with one attached hydrogen (secondary N) is 1. The van der Waals surface area contributed by atoms with E-state index in [-0.39, 0.29) is 0 Å². The molecule has 1 amide bonds. The summed E-state index contributed by atoms with van der Waals surface area (Å²) < 4.78 is 7.20. The van der Waals surface area contributed by atoms with Crippen molar-refractivity contribution in [3.05, 3.63) is 64.4 Å². The molecule has 3 rings (SSSR count). The number of methoxy groups -OCH3 is 1. The molecule has 0 bridgehead atoms. The van der Waals surface area contributed by atoms with Gasteiger partial charge < -0.3 is 10.1 Å². The molecule has 164 valence electrons. The Balaban J connectivity index is 1.97. The van der Waals surface area contributed by atoms with E-state index in [1.165, 1.54) is 11.8 Å². The second kappa shape index (κ2) is 10.6. The molecule has 1 unspecified atom stereocenters. The summed E-state index contributed by atoms with van der Waals surface area (Å²) in [5.74, 6) is 1.49. The van der Waals surface area contributed by atoms with Crippen molar-refractivity contribution in [1.82, 2.24) is 20.1 Å². The van der Waals surface area contributed by atoms with E-state index in [1.807, 2.05) is 54.0 Å². The van der Waals surface area contributed by atoms with Crippen molar-refractivity contribution >= 4 is 52.5 Å². The first kappa shape index (κ1) is 23.7. The molecule has 1 aromatic heterocycles. The van der Waals surface area contributed by atoms with E-state index in [2.05, 4.69) is 15.5 Å². The van der Waals surface area contributed by atoms with E-state index in [0.29, 0.717) is 21.8 Å². The highest BCUT2D eigenvalue weighted by Crippen LogP contribution is 2.31. The number of thioether (sulfide) groups is 1. The average Bonchev–Trinajstić information content (AvgIpc) is 3.17. The van der Waals surface area contributed by atoms with Gasteiger partial charge in [0.2, 0.25) is 0 Å². The number of nitrogens with zero attached hydrogens (tertiary/aromatic N) is 3. The summed E-state index contributed by atoms with van der Waals surface area (Å²) in [7, 11) is 1.64. The summed E-state index contributed by atoms with van der Waals surface area (Å²) >= 11 is 19.2. The van der Waals surface area contributed by atoms with Gasteiger partial charge in [-0.25, -0.2) is 0 Å². The molecule has 0 aliphatic rings. The van der Waals surface area contributed by atoms with Gasteiger partial charge in [0.05, 0.1) is 18.8 Å². The highest BCUT2D eigenvalue weighted by molar-refractivity contribution is 7.98. The Labute approximate surface area is 200 Å². The van der Waals surface area contributed by atoms with E-state index in [9.17, 15) is 4.79 Å². The smallest absolute Gasteiger partial charge is 0.253 e. The molecule has 3 aromatic rings. The lowest BCUT2D eigenvalue weighted by atomic mass is 10.2. The molecule has 0 aliphatic heterocycles. The number of hydrogen-bond donors (Lipinski definition) is 1. The van der Waals surface area contributed by atoms with Crippen molar-refractivity contribution in [3.63, 3.8) is 0 Å². The fraction of sp³-hybridized carbons (Fsp3) is 0.286. The minimum absolute atomic E-state index is 0.482. The lowest BCUT2D eigenvalue weighted by molar-refractivity contribution is -0.120. The maximum atomic E-state index is 12.0. The molecule has 1 atom stereocenters. The summed E-state index contributed by atoms with van der Waals surface area (Å²) in [6.07, 6.45) is 0. The number of halogens is 3. The lowest BCUT2D eigenvalue weighted by Crippen LogP contribution is -2.32. The molecule has 6 nitrogen and oxygen atoms in total. The van der Waals surface area contributed by atoms with Crippen molar-refractivity contribution < 1.29 is 9.53 Å². The number of aryl methyl sites for hydroxylation is 1. The Hall–Kier alpha value is -1.93. The van der Waals surface area contributed by atoms with Crippen LogP contribution in [0.25, 0.3) is 5.69 Å². The Morgan fingerprint density at radius 2 is 2.00 bits per heavy atom. The number of alkyl halides is 2. The fourth-order valence-corrected chi connectivity index (χ4v) is 4.14. The first-order valence-electron chi connectivity index (χ1n) is 9.36. The lowest BCUT2D eigenvalue weighted by Gasteiger charge is -2.18. The van der Waals surface area contributed by atoms with Crippen molar-refractivity contribution in [1.29, 1.82) is 0 Å². The maximum Gasteiger partial charge on any atom is 0.253 e. The highest BCUT2D eigenvalue weighted by atomic mass is 35.5. The number of aromatic nitrogens is 3. The Morgan fingerprint density at radius 3 is 2.71 bits per heavy atom. The van der Waals surface area contributed by atoms with Gasteiger partial charge in [0.15, 0.2) is 15.8 Å². The van der Waals surface area contributed by atoms with Gasteiger partial charge in [-0.05, 0) is 49.2 Å². The molecular weight excluding hydrogens is 479 g/mol. The standard InChI is InChI=1S/C21H21Cl3N4O2S/c1-12-7-8-15(22)10-17(12)28-19(13(2)25-20(29)18(23)24)26-27-21(28)31-11-14-5-4-6-16(9-14)30-3/h4-10,13,18H,11H2,1-3H3,(H,25,29). The minimum Gasteiger partial charge on any atom is -0.497 e. The Morgan fingerprint density at radius 1 is 1.23 bits per heavy atom. The zero-order valence-electron chi connectivity index (χ0n) is 17.1. The van der Waals surface area contributed by atoms with Crippen LogP contribution in [0.2, 0.25) is 5.02 Å². The first-order chi connectivity index (χ1) is 14.8. The van der Waals surface area contributed by atoms with Crippen LogP contribution >= 0.6 is 46.6 Å². The van der Waals surface area contributed by atoms with E-state index in [0.717, 1.165) is 22.6 Å². The van der Waals surface area contributed by atoms with Gasteiger partial charge in [-0.3, -0.25) is 9.36 Å². The van der Waals surface area contributed by atoms with Crippen LogP contribution in [0, 0.1) is 6.92 Å². The second-order valence-corrected chi connectivity index (χ2v) is 9.25. The largest absolute Gasteiger partial charge is 0.497 e. The van der Waals surface area contributed by atoms with E-state index in [4.69, 9.17) is 39.5 Å². The molecule has 0 spiro atoms. The maximum absolute atomic E-state index is 12.0. The normalized spacial score (nSPS) is 12.1. The van der Waals surface area contributed by atoms with Gasteiger partial charge in [-0.1, -0.05) is 64.8 Å². The third-order valence-electron chi connectivity index (χ3n) is 4.52. The topological polar surface area (TPSA) is 69.0 Å². The van der Waals surface area contributed by atoms with Crippen LogP contribution in [0.4, 0.5) is 0 Å². The molecule has 0 saturated carbocycles. The van der Waals surface area contributed by atoms with Crippen LogP contribution in [-0.4, -0.2) is 32.6 Å². The van der Waals surface area contributed by atoms with Crippen molar-refractivity contribution in [2.45, 2.75) is 35.6 Å². The molecule has 0 saturated heterocycles. The molecule has 1 heterocycles. The summed E-state index contributed by atoms with van der Waals surface area (Å²) in [6.45, 7) is 3.77. The van der Waals surface area contributed by atoms with Crippen molar-refractivity contribution in [2.24, 2.45) is 0 Å². The summed E-state index contributed by atoms with van der Waals surface area (Å²) in [5.41, 5.74) is 2.89. The molecule has 2 aromatic carbocycles. The molecule has 10 heteroatoms. The molecule has 1 N–H and O–H groups in total. The molecule has 0 fully saturated rings. The van der Waals surface area contributed by atoms with Gasteiger partial charge in [-0.15, -0.1) is 10.2 Å². The van der Waals surface area contributed by atoms with E-state index in [1.54, 1.807) is 14.0 Å². The van der Waals surface area contributed by atoms with E-state index >= 15 is 0 Å². The fourth-order valence-electron chi connectivity index (χ4n) is 2.96. The summed E-state index contributed by atoms with van der Waals surface area (Å²) in [6, 6.07) is 13.0. The van der Waals surface area contributed by atoms with Gasteiger partial charge in [-0.2, -0.15) is 0 Å². The van der Waals surface area contributed by atoms with Crippen molar-refractivity contribution in [3.8, 4) is 11.4 Å². The zero-order chi connectivity index (χ0) is 22.5. The Bertz CT molecular complexity index is 1070. The molecular formula is C21H21Cl3N4O2S. The predicted octanol–water partition coefficient (Wildman–Crippen LogP) is 5.51. The number of amides is 1. The van der Waals surface area contributed by atoms with Gasteiger partial charge >= 0.3 is 0 Å². The predicted molar refractivity (Wildman–Crippen MR) is 126 cm³/mol. The quantitative estimate of drug-likeness (QED) is 0.327. The minimum atomic E-state index is -1.17. The second-order valence-electron chi connectivity index (χ2n) is 6.78. The summed E-state index contributed by atoms with van der Waals surface area (Å²) in [5, 5.41) is 12.7. The van der Waals surface area contributed by atoms with Crippen LogP contribution < -0.4 is 10.1 Å². The average molecular weight is 500 g/mol. The zero-order valence-corrected chi connectivity index (χ0v) is 20.2. The van der Waals surface area contributed by atoms with E-state index < -0.39 is 16.8 Å². The van der Waals surface area contributed by atoms with Crippen LogP contribution in [-0.2, 0) is 10.5 Å². The Kier molecular flexibility index (Phi) is 8.11. The summed E-state index contributed by atoms with van der Waals surface area (Å²) in [4.78, 5) is 10.8. The highest BCUT2D eigenvalue weighted by Gasteiger charge is 2.24.